The van der Waals surface area contributed by atoms with Crippen molar-refractivity contribution in [3.8, 4) is 0 Å². The first-order valence-electron chi connectivity index (χ1n) is 9.91. The topological polar surface area (TPSA) is 17.1 Å². The lowest BCUT2D eigenvalue weighted by molar-refractivity contribution is -0.122. The Kier molecular flexibility index (Phi) is 6.10. The van der Waals surface area contributed by atoms with E-state index in [-0.39, 0.29) is 0 Å². The normalized spacial score (nSPS) is 28.7. The van der Waals surface area contributed by atoms with E-state index in [0.29, 0.717) is 11.2 Å². The Balaban J connectivity index is 1.67. The predicted molar refractivity (Wildman–Crippen MR) is 106 cm³/mol. The zero-order valence-electron chi connectivity index (χ0n) is 15.0. The van der Waals surface area contributed by atoms with Crippen molar-refractivity contribution in [2.75, 3.05) is 0 Å². The molecular formula is C22H32OSi. The van der Waals surface area contributed by atoms with Crippen molar-refractivity contribution in [2.24, 2.45) is 11.3 Å². The van der Waals surface area contributed by atoms with Crippen molar-refractivity contribution in [3.63, 3.8) is 0 Å². The molecule has 2 heteroatoms. The molecule has 1 heterocycles. The fraction of sp³-hybridized carbons (Fsp3) is 0.591. The number of rotatable bonds is 6. The highest BCUT2D eigenvalue weighted by atomic mass is 28.3. The van der Waals surface area contributed by atoms with E-state index in [1.807, 2.05) is 0 Å². The van der Waals surface area contributed by atoms with Crippen LogP contribution < -0.4 is 5.19 Å². The molecule has 0 bridgehead atoms. The van der Waals surface area contributed by atoms with Crippen molar-refractivity contribution >= 4 is 19.8 Å². The second-order valence-electron chi connectivity index (χ2n) is 8.04. The van der Waals surface area contributed by atoms with Crippen LogP contribution in [0.1, 0.15) is 57.8 Å². The third kappa shape index (κ3) is 4.08. The van der Waals surface area contributed by atoms with Gasteiger partial charge in [0.25, 0.3) is 0 Å². The van der Waals surface area contributed by atoms with Gasteiger partial charge in [-0.2, -0.15) is 0 Å². The van der Waals surface area contributed by atoms with Gasteiger partial charge in [0.2, 0.25) is 0 Å². The van der Waals surface area contributed by atoms with Gasteiger partial charge in [-0.25, -0.2) is 0 Å². The molecule has 0 N–H and O–H groups in total. The van der Waals surface area contributed by atoms with E-state index >= 15 is 0 Å². The third-order valence-electron chi connectivity index (χ3n) is 6.74. The fourth-order valence-corrected chi connectivity index (χ4v) is 8.83. The SMILES string of the molecule is C=CCCCC1(C2CCC(=O)CC2)CC[SiH](c2ccccc2)CC1. The number of hydrogen-bond acceptors (Lipinski definition) is 1. The third-order valence-corrected chi connectivity index (χ3v) is 10.0. The smallest absolute Gasteiger partial charge is 0.132 e. The van der Waals surface area contributed by atoms with Crippen LogP contribution in [-0.2, 0) is 4.79 Å². The molecule has 1 aromatic carbocycles. The second kappa shape index (κ2) is 8.29. The van der Waals surface area contributed by atoms with Crippen LogP contribution in [0, 0.1) is 11.3 Å². The Bertz CT molecular complexity index is 532. The van der Waals surface area contributed by atoms with Crippen LogP contribution in [-0.4, -0.2) is 14.6 Å². The first-order chi connectivity index (χ1) is 11.7. The molecule has 1 saturated carbocycles. The largest absolute Gasteiger partial charge is 0.300 e. The Hall–Kier alpha value is -1.15. The number of Topliss-reactive ketones (excluding diaryl/α,β-unsaturated/α-hetero) is 1. The minimum atomic E-state index is -0.762. The second-order valence-corrected chi connectivity index (χ2v) is 11.3. The minimum Gasteiger partial charge on any atom is -0.300 e. The van der Waals surface area contributed by atoms with Crippen LogP contribution in [0.25, 0.3) is 0 Å². The van der Waals surface area contributed by atoms with Gasteiger partial charge < -0.3 is 0 Å². The van der Waals surface area contributed by atoms with E-state index in [4.69, 9.17) is 0 Å². The molecule has 1 aliphatic heterocycles. The van der Waals surface area contributed by atoms with Gasteiger partial charge in [-0.3, -0.25) is 4.79 Å². The molecule has 130 valence electrons. The zero-order valence-corrected chi connectivity index (χ0v) is 16.2. The molecule has 0 aromatic heterocycles. The van der Waals surface area contributed by atoms with E-state index in [2.05, 4.69) is 43.0 Å². The van der Waals surface area contributed by atoms with Crippen LogP contribution >= 0.6 is 0 Å². The van der Waals surface area contributed by atoms with Crippen LogP contribution in [0.15, 0.2) is 43.0 Å². The highest BCUT2D eigenvalue weighted by molar-refractivity contribution is 6.73. The Morgan fingerprint density at radius 1 is 1.12 bits per heavy atom. The van der Waals surface area contributed by atoms with Crippen molar-refractivity contribution in [2.45, 2.75) is 69.9 Å². The van der Waals surface area contributed by atoms with E-state index in [1.54, 1.807) is 5.19 Å². The number of allylic oxidation sites excluding steroid dienone is 1. The summed E-state index contributed by atoms with van der Waals surface area (Å²) in [6.07, 6.45) is 12.7. The lowest BCUT2D eigenvalue weighted by Gasteiger charge is -2.47. The maximum atomic E-state index is 11.7. The summed E-state index contributed by atoms with van der Waals surface area (Å²) in [6, 6.07) is 14.2. The number of unbranched alkanes of at least 4 members (excludes halogenated alkanes) is 1. The molecule has 1 saturated heterocycles. The van der Waals surface area contributed by atoms with Crippen molar-refractivity contribution < 1.29 is 4.79 Å². The summed E-state index contributed by atoms with van der Waals surface area (Å²) in [5, 5.41) is 1.66. The molecule has 24 heavy (non-hydrogen) atoms. The highest BCUT2D eigenvalue weighted by Crippen LogP contribution is 2.51. The predicted octanol–water partition coefficient (Wildman–Crippen LogP) is 5.02. The molecule has 3 rings (SSSR count). The molecule has 2 aliphatic rings. The summed E-state index contributed by atoms with van der Waals surface area (Å²) in [4.78, 5) is 11.7. The van der Waals surface area contributed by atoms with Crippen LogP contribution in [0.4, 0.5) is 0 Å². The zero-order chi connectivity index (χ0) is 16.8. The molecule has 0 atom stereocenters. The number of carbonyl (C=O) groups is 1. The molecule has 0 unspecified atom stereocenters. The van der Waals surface area contributed by atoms with Gasteiger partial charge in [-0.15, -0.1) is 6.58 Å². The molecule has 1 nitrogen and oxygen atoms in total. The van der Waals surface area contributed by atoms with E-state index in [9.17, 15) is 4.79 Å². The average molecular weight is 341 g/mol. The summed E-state index contributed by atoms with van der Waals surface area (Å²) in [7, 11) is -0.762. The average Bonchev–Trinajstić information content (AvgIpc) is 2.64. The molecular weight excluding hydrogens is 308 g/mol. The Labute approximate surface area is 149 Å². The molecule has 0 spiro atoms. The monoisotopic (exact) mass is 340 g/mol. The van der Waals surface area contributed by atoms with E-state index in [0.717, 1.165) is 38.0 Å². The highest BCUT2D eigenvalue weighted by Gasteiger charge is 2.42. The van der Waals surface area contributed by atoms with Crippen LogP contribution in [0.5, 0.6) is 0 Å². The van der Waals surface area contributed by atoms with Gasteiger partial charge in [0.1, 0.15) is 5.78 Å². The molecule has 2 fully saturated rings. The van der Waals surface area contributed by atoms with Gasteiger partial charge in [0, 0.05) is 12.8 Å². The first kappa shape index (κ1) is 17.7. The van der Waals surface area contributed by atoms with Crippen LogP contribution in [0.3, 0.4) is 0 Å². The number of benzene rings is 1. The van der Waals surface area contributed by atoms with Gasteiger partial charge in [0.05, 0.1) is 8.80 Å². The maximum absolute atomic E-state index is 11.7. The summed E-state index contributed by atoms with van der Waals surface area (Å²) in [5.74, 6) is 1.30. The first-order valence-corrected chi connectivity index (χ1v) is 12.1. The summed E-state index contributed by atoms with van der Waals surface area (Å²) in [6.45, 7) is 3.90. The molecule has 0 radical (unpaired) electrons. The molecule has 1 aromatic rings. The molecule has 1 aliphatic carbocycles. The summed E-state index contributed by atoms with van der Waals surface area (Å²) >= 11 is 0. The number of carbonyl (C=O) groups excluding carboxylic acids is 1. The van der Waals surface area contributed by atoms with Gasteiger partial charge in [0.15, 0.2) is 0 Å². The quantitative estimate of drug-likeness (QED) is 0.404. The number of hydrogen-bond donors (Lipinski definition) is 0. The Morgan fingerprint density at radius 3 is 2.42 bits per heavy atom. The van der Waals surface area contributed by atoms with E-state index in [1.165, 1.54) is 37.8 Å². The standard InChI is InChI=1S/C22H32OSi/c1-2-3-7-14-22(19-10-12-20(23)13-11-19)15-17-24(18-16-22)21-8-5-4-6-9-21/h2,4-6,8-9,19,24H,1,3,7,10-18H2. The maximum Gasteiger partial charge on any atom is 0.132 e. The summed E-state index contributed by atoms with van der Waals surface area (Å²) in [5.41, 5.74) is 0.530. The van der Waals surface area contributed by atoms with Crippen LogP contribution in [0.2, 0.25) is 12.1 Å². The van der Waals surface area contributed by atoms with Gasteiger partial charge >= 0.3 is 0 Å². The fourth-order valence-electron chi connectivity index (χ4n) is 5.26. The van der Waals surface area contributed by atoms with Crippen molar-refractivity contribution in [1.82, 2.24) is 0 Å². The minimum absolute atomic E-state index is 0.500. The summed E-state index contributed by atoms with van der Waals surface area (Å²) < 4.78 is 0. The van der Waals surface area contributed by atoms with Crippen molar-refractivity contribution in [1.29, 1.82) is 0 Å². The van der Waals surface area contributed by atoms with Gasteiger partial charge in [-0.1, -0.05) is 53.7 Å². The van der Waals surface area contributed by atoms with Crippen molar-refractivity contribution in [3.05, 3.63) is 43.0 Å². The van der Waals surface area contributed by atoms with E-state index < -0.39 is 8.80 Å². The Morgan fingerprint density at radius 2 is 1.79 bits per heavy atom. The lowest BCUT2D eigenvalue weighted by Crippen LogP contribution is -2.42. The van der Waals surface area contributed by atoms with Gasteiger partial charge in [-0.05, 0) is 56.3 Å². The number of ketones is 1. The molecule has 0 amide bonds. The lowest BCUT2D eigenvalue weighted by atomic mass is 9.63.